The first-order chi connectivity index (χ1) is 10.8. The molecule has 0 N–H and O–H groups in total. The van der Waals surface area contributed by atoms with Crippen molar-refractivity contribution in [1.29, 1.82) is 0 Å². The minimum atomic E-state index is -0.447. The van der Waals surface area contributed by atoms with Gasteiger partial charge in [0.05, 0.1) is 14.2 Å². The molecule has 1 fully saturated rings. The Hall–Kier alpha value is -1.91. The van der Waals surface area contributed by atoms with Crippen LogP contribution in [0.3, 0.4) is 0 Å². The molecule has 0 saturated carbocycles. The molecule has 1 aliphatic rings. The highest BCUT2D eigenvalue weighted by Gasteiger charge is 2.27. The molecule has 0 spiro atoms. The van der Waals surface area contributed by atoms with Crippen LogP contribution in [0.5, 0.6) is 11.5 Å². The van der Waals surface area contributed by atoms with E-state index >= 15 is 0 Å². The molecule has 0 atom stereocenters. The molecule has 1 aromatic rings. The second-order valence-electron chi connectivity index (χ2n) is 6.86. The third kappa shape index (κ3) is 4.53. The zero-order valence-corrected chi connectivity index (χ0v) is 14.7. The molecular weight excluding hydrogens is 294 g/mol. The number of benzene rings is 1. The predicted octanol–water partition coefficient (Wildman–Crippen LogP) is 3.82. The number of carbonyl (C=O) groups excluding carboxylic acids is 1. The van der Waals surface area contributed by atoms with Gasteiger partial charge in [-0.05, 0) is 57.2 Å². The molecule has 0 bridgehead atoms. The van der Waals surface area contributed by atoms with Crippen LogP contribution >= 0.6 is 0 Å². The third-order valence-electron chi connectivity index (χ3n) is 4.03. The lowest BCUT2D eigenvalue weighted by Gasteiger charge is -2.33. The predicted molar refractivity (Wildman–Crippen MR) is 89.3 cm³/mol. The number of amides is 1. The summed E-state index contributed by atoms with van der Waals surface area (Å²) in [6.07, 6.45) is 1.63. The molecule has 1 aromatic carbocycles. The Balaban J connectivity index is 1.98. The number of nitrogens with zero attached hydrogens (tertiary/aromatic N) is 1. The van der Waals surface area contributed by atoms with Crippen molar-refractivity contribution in [2.75, 3.05) is 27.3 Å². The smallest absolute Gasteiger partial charge is 0.410 e. The topological polar surface area (TPSA) is 48.0 Å². The summed E-state index contributed by atoms with van der Waals surface area (Å²) in [5.41, 5.74) is 0.781. The van der Waals surface area contributed by atoms with Gasteiger partial charge < -0.3 is 19.1 Å². The molecule has 1 saturated heterocycles. The van der Waals surface area contributed by atoms with E-state index in [1.54, 1.807) is 19.1 Å². The second kappa shape index (κ2) is 7.11. The molecule has 0 aliphatic carbocycles. The van der Waals surface area contributed by atoms with Gasteiger partial charge in [-0.25, -0.2) is 4.79 Å². The number of methoxy groups -OCH3 is 2. The Labute approximate surface area is 138 Å². The molecule has 1 heterocycles. The molecule has 5 nitrogen and oxygen atoms in total. The van der Waals surface area contributed by atoms with E-state index in [-0.39, 0.29) is 6.09 Å². The number of carbonyl (C=O) groups is 1. The van der Waals surface area contributed by atoms with Crippen LogP contribution in [-0.4, -0.2) is 43.9 Å². The summed E-state index contributed by atoms with van der Waals surface area (Å²) < 4.78 is 16.1. The summed E-state index contributed by atoms with van der Waals surface area (Å²) >= 11 is 0. The van der Waals surface area contributed by atoms with Gasteiger partial charge in [0.25, 0.3) is 0 Å². The number of hydrogen-bond donors (Lipinski definition) is 0. The summed E-state index contributed by atoms with van der Waals surface area (Å²) in [7, 11) is 3.28. The summed E-state index contributed by atoms with van der Waals surface area (Å²) in [5.74, 6) is 1.91. The average Bonchev–Trinajstić information content (AvgIpc) is 2.52. The van der Waals surface area contributed by atoms with Crippen LogP contribution in [0.15, 0.2) is 18.2 Å². The molecule has 1 aliphatic heterocycles. The molecule has 1 amide bonds. The van der Waals surface area contributed by atoms with Gasteiger partial charge in [0, 0.05) is 13.1 Å². The molecule has 128 valence electrons. The fourth-order valence-electron chi connectivity index (χ4n) is 2.83. The lowest BCUT2D eigenvalue weighted by Crippen LogP contribution is -2.41. The zero-order chi connectivity index (χ0) is 17.0. The van der Waals surface area contributed by atoms with Crippen LogP contribution in [0, 0.1) is 0 Å². The van der Waals surface area contributed by atoms with E-state index in [4.69, 9.17) is 14.2 Å². The van der Waals surface area contributed by atoms with Crippen LogP contribution < -0.4 is 9.47 Å². The molecule has 0 radical (unpaired) electrons. The van der Waals surface area contributed by atoms with E-state index in [1.807, 2.05) is 32.9 Å². The van der Waals surface area contributed by atoms with Crippen LogP contribution in [0.25, 0.3) is 0 Å². The summed E-state index contributed by atoms with van der Waals surface area (Å²) in [6, 6.07) is 6.05. The zero-order valence-electron chi connectivity index (χ0n) is 14.7. The Morgan fingerprint density at radius 2 is 1.70 bits per heavy atom. The van der Waals surface area contributed by atoms with Crippen molar-refractivity contribution in [3.63, 3.8) is 0 Å². The number of likely N-dealkylation sites (tertiary alicyclic amines) is 1. The van der Waals surface area contributed by atoms with Gasteiger partial charge in [-0.15, -0.1) is 0 Å². The number of hydrogen-bond acceptors (Lipinski definition) is 4. The van der Waals surface area contributed by atoms with Crippen molar-refractivity contribution in [2.24, 2.45) is 0 Å². The van der Waals surface area contributed by atoms with Gasteiger partial charge in [0.2, 0.25) is 0 Å². The van der Waals surface area contributed by atoms with Crippen molar-refractivity contribution < 1.29 is 19.0 Å². The van der Waals surface area contributed by atoms with Crippen LogP contribution in [-0.2, 0) is 4.74 Å². The first-order valence-electron chi connectivity index (χ1n) is 8.04. The SMILES string of the molecule is COc1ccc(C2CCN(C(=O)OC(C)(C)C)CC2)cc1OC. The minimum Gasteiger partial charge on any atom is -0.493 e. The van der Waals surface area contributed by atoms with E-state index in [0.29, 0.717) is 19.0 Å². The number of ether oxygens (including phenoxy) is 3. The van der Waals surface area contributed by atoms with Crippen molar-refractivity contribution in [1.82, 2.24) is 4.90 Å². The third-order valence-corrected chi connectivity index (χ3v) is 4.03. The largest absolute Gasteiger partial charge is 0.493 e. The molecule has 5 heteroatoms. The Morgan fingerprint density at radius 3 is 2.22 bits per heavy atom. The first-order valence-corrected chi connectivity index (χ1v) is 8.04. The van der Waals surface area contributed by atoms with Crippen LogP contribution in [0.2, 0.25) is 0 Å². The Bertz CT molecular complexity index is 542. The highest BCUT2D eigenvalue weighted by molar-refractivity contribution is 5.68. The lowest BCUT2D eigenvalue weighted by molar-refractivity contribution is 0.0205. The molecule has 2 rings (SSSR count). The van der Waals surface area contributed by atoms with Crippen LogP contribution in [0.4, 0.5) is 4.79 Å². The van der Waals surface area contributed by atoms with E-state index in [1.165, 1.54) is 5.56 Å². The second-order valence-corrected chi connectivity index (χ2v) is 6.86. The van der Waals surface area contributed by atoms with Gasteiger partial charge in [-0.1, -0.05) is 6.07 Å². The van der Waals surface area contributed by atoms with Crippen molar-refractivity contribution in [3.8, 4) is 11.5 Å². The standard InChI is InChI=1S/C18H27NO4/c1-18(2,3)23-17(20)19-10-8-13(9-11-19)14-6-7-15(21-4)16(12-14)22-5/h6-7,12-13H,8-11H2,1-5H3. The maximum Gasteiger partial charge on any atom is 0.410 e. The summed E-state index contributed by atoms with van der Waals surface area (Å²) in [6.45, 7) is 7.10. The van der Waals surface area contributed by atoms with Crippen LogP contribution in [0.1, 0.15) is 45.1 Å². The molecule has 23 heavy (non-hydrogen) atoms. The average molecular weight is 321 g/mol. The minimum absolute atomic E-state index is 0.219. The van der Waals surface area contributed by atoms with Crippen molar-refractivity contribution in [2.45, 2.75) is 45.1 Å². The van der Waals surface area contributed by atoms with E-state index in [2.05, 4.69) is 6.07 Å². The van der Waals surface area contributed by atoms with E-state index < -0.39 is 5.60 Å². The summed E-state index contributed by atoms with van der Waals surface area (Å²) in [5, 5.41) is 0. The van der Waals surface area contributed by atoms with Gasteiger partial charge in [0.1, 0.15) is 5.60 Å². The maximum atomic E-state index is 12.1. The maximum absolute atomic E-state index is 12.1. The quantitative estimate of drug-likeness (QED) is 0.849. The molecule has 0 unspecified atom stereocenters. The van der Waals surface area contributed by atoms with Crippen molar-refractivity contribution >= 4 is 6.09 Å². The summed E-state index contributed by atoms with van der Waals surface area (Å²) in [4.78, 5) is 13.9. The first kappa shape index (κ1) is 17.4. The monoisotopic (exact) mass is 321 g/mol. The van der Waals surface area contributed by atoms with Gasteiger partial charge in [-0.2, -0.15) is 0 Å². The van der Waals surface area contributed by atoms with E-state index in [0.717, 1.165) is 24.3 Å². The van der Waals surface area contributed by atoms with Gasteiger partial charge in [0.15, 0.2) is 11.5 Å². The molecular formula is C18H27NO4. The Kier molecular flexibility index (Phi) is 5.39. The highest BCUT2D eigenvalue weighted by Crippen LogP contribution is 2.35. The van der Waals surface area contributed by atoms with Gasteiger partial charge >= 0.3 is 6.09 Å². The van der Waals surface area contributed by atoms with Crippen molar-refractivity contribution in [3.05, 3.63) is 23.8 Å². The number of rotatable bonds is 3. The molecule has 0 aromatic heterocycles. The van der Waals surface area contributed by atoms with E-state index in [9.17, 15) is 4.79 Å². The van der Waals surface area contributed by atoms with Gasteiger partial charge in [-0.3, -0.25) is 0 Å². The fourth-order valence-corrected chi connectivity index (χ4v) is 2.83. The number of piperidine rings is 1. The normalized spacial score (nSPS) is 16.1. The Morgan fingerprint density at radius 1 is 1.09 bits per heavy atom. The fraction of sp³-hybridized carbons (Fsp3) is 0.611. The lowest BCUT2D eigenvalue weighted by atomic mass is 9.89. The highest BCUT2D eigenvalue weighted by atomic mass is 16.6.